The molecule has 1 N–H and O–H groups in total. The lowest BCUT2D eigenvalue weighted by molar-refractivity contribution is -0.384. The van der Waals surface area contributed by atoms with Crippen LogP contribution in [0, 0.1) is 17.0 Å². The molecule has 0 bridgehead atoms. The van der Waals surface area contributed by atoms with Crippen LogP contribution >= 0.6 is 0 Å². The van der Waals surface area contributed by atoms with E-state index < -0.39 is 4.92 Å². The number of anilines is 1. The molecule has 7 heteroatoms. The second-order valence-corrected chi connectivity index (χ2v) is 3.60. The highest BCUT2D eigenvalue weighted by Crippen LogP contribution is 2.30. The Balaban J connectivity index is 3.25. The Morgan fingerprint density at radius 1 is 1.71 bits per heavy atom. The minimum atomic E-state index is -0.453. The van der Waals surface area contributed by atoms with E-state index >= 15 is 0 Å². The fourth-order valence-electron chi connectivity index (χ4n) is 1.76. The number of hydrogen-bond acceptors (Lipinski definition) is 5. The first-order chi connectivity index (χ1) is 8.02. The molecule has 0 radical (unpaired) electrons. The third-order valence-electron chi connectivity index (χ3n) is 2.36. The number of nitrogens with zero attached hydrogens (tertiary/aromatic N) is 4. The SMILES string of the molecule is C=CCN(CCO)c1c([N+](=O)[O-])c(C)nn1C. The summed E-state index contributed by atoms with van der Waals surface area (Å²) in [5, 5.41) is 24.0. The van der Waals surface area contributed by atoms with E-state index in [4.69, 9.17) is 5.11 Å². The maximum absolute atomic E-state index is 11.0. The Labute approximate surface area is 99.1 Å². The van der Waals surface area contributed by atoms with Crippen LogP contribution < -0.4 is 4.90 Å². The van der Waals surface area contributed by atoms with Crippen LogP contribution in [0.2, 0.25) is 0 Å². The van der Waals surface area contributed by atoms with Crippen LogP contribution in [0.15, 0.2) is 12.7 Å². The fraction of sp³-hybridized carbons (Fsp3) is 0.500. The Kier molecular flexibility index (Phi) is 4.22. The molecule has 17 heavy (non-hydrogen) atoms. The van der Waals surface area contributed by atoms with Gasteiger partial charge in [0.25, 0.3) is 0 Å². The number of hydrogen-bond donors (Lipinski definition) is 1. The van der Waals surface area contributed by atoms with Gasteiger partial charge in [-0.15, -0.1) is 6.58 Å². The fourth-order valence-corrected chi connectivity index (χ4v) is 1.76. The van der Waals surface area contributed by atoms with E-state index in [1.807, 2.05) is 0 Å². The van der Waals surface area contributed by atoms with Gasteiger partial charge in [0.2, 0.25) is 5.82 Å². The number of aliphatic hydroxyl groups is 1. The maximum atomic E-state index is 11.0. The van der Waals surface area contributed by atoms with Crippen molar-refractivity contribution in [1.82, 2.24) is 9.78 Å². The van der Waals surface area contributed by atoms with E-state index in [-0.39, 0.29) is 12.3 Å². The van der Waals surface area contributed by atoms with Crippen molar-refractivity contribution in [2.24, 2.45) is 7.05 Å². The van der Waals surface area contributed by atoms with Crippen LogP contribution in [0.1, 0.15) is 5.69 Å². The first-order valence-corrected chi connectivity index (χ1v) is 5.17. The lowest BCUT2D eigenvalue weighted by Crippen LogP contribution is -2.29. The molecule has 0 aliphatic heterocycles. The second-order valence-electron chi connectivity index (χ2n) is 3.60. The summed E-state index contributed by atoms with van der Waals surface area (Å²) in [4.78, 5) is 12.2. The van der Waals surface area contributed by atoms with Gasteiger partial charge >= 0.3 is 5.69 Å². The molecule has 0 fully saturated rings. The predicted molar refractivity (Wildman–Crippen MR) is 64.1 cm³/mol. The van der Waals surface area contributed by atoms with Crippen molar-refractivity contribution < 1.29 is 10.0 Å². The zero-order chi connectivity index (χ0) is 13.0. The standard InChI is InChI=1S/C10H16N4O3/c1-4-5-13(6-7-15)10-9(14(16)17)8(2)11-12(10)3/h4,15H,1,5-7H2,2-3H3. The van der Waals surface area contributed by atoms with Crippen molar-refractivity contribution in [2.45, 2.75) is 6.92 Å². The molecule has 7 nitrogen and oxygen atoms in total. The molecule has 0 aliphatic rings. The lowest BCUT2D eigenvalue weighted by Gasteiger charge is -2.20. The molecule has 0 unspecified atom stereocenters. The summed E-state index contributed by atoms with van der Waals surface area (Å²) in [6, 6.07) is 0. The van der Waals surface area contributed by atoms with Crippen molar-refractivity contribution in [3.8, 4) is 0 Å². The molecular formula is C10H16N4O3. The Bertz CT molecular complexity index is 427. The minimum absolute atomic E-state index is 0.0252. The van der Waals surface area contributed by atoms with E-state index in [9.17, 15) is 10.1 Å². The Morgan fingerprint density at radius 2 is 2.35 bits per heavy atom. The average Bonchev–Trinajstić information content (AvgIpc) is 2.53. The van der Waals surface area contributed by atoms with Crippen LogP contribution in [-0.4, -0.2) is 39.5 Å². The summed E-state index contributed by atoms with van der Waals surface area (Å²) in [5.41, 5.74) is 0.335. The number of nitro groups is 1. The first kappa shape index (κ1) is 13.2. The molecule has 0 saturated carbocycles. The summed E-state index contributed by atoms with van der Waals surface area (Å²) in [6.07, 6.45) is 1.63. The third kappa shape index (κ3) is 2.62. The Hall–Kier alpha value is -1.89. The predicted octanol–water partition coefficient (Wildman–Crippen LogP) is 0.621. The van der Waals surface area contributed by atoms with Crippen molar-refractivity contribution >= 4 is 11.5 Å². The molecular weight excluding hydrogens is 224 g/mol. The number of aromatic nitrogens is 2. The largest absolute Gasteiger partial charge is 0.395 e. The van der Waals surface area contributed by atoms with Gasteiger partial charge in [0, 0.05) is 20.1 Å². The average molecular weight is 240 g/mol. The van der Waals surface area contributed by atoms with E-state index in [1.165, 1.54) is 4.68 Å². The minimum Gasteiger partial charge on any atom is -0.395 e. The van der Waals surface area contributed by atoms with Gasteiger partial charge in [0.05, 0.1) is 11.5 Å². The highest BCUT2D eigenvalue weighted by molar-refractivity contribution is 5.61. The molecule has 0 aliphatic carbocycles. The summed E-state index contributed by atoms with van der Waals surface area (Å²) in [7, 11) is 1.64. The Morgan fingerprint density at radius 3 is 2.82 bits per heavy atom. The van der Waals surface area contributed by atoms with Crippen LogP contribution in [0.4, 0.5) is 11.5 Å². The van der Waals surface area contributed by atoms with Crippen molar-refractivity contribution in [2.75, 3.05) is 24.6 Å². The number of aryl methyl sites for hydroxylation is 2. The molecule has 1 aromatic rings. The highest BCUT2D eigenvalue weighted by Gasteiger charge is 2.27. The molecule has 0 spiro atoms. The molecule has 1 rings (SSSR count). The van der Waals surface area contributed by atoms with Gasteiger partial charge in [-0.25, -0.2) is 4.68 Å². The van der Waals surface area contributed by atoms with E-state index in [1.54, 1.807) is 24.9 Å². The first-order valence-electron chi connectivity index (χ1n) is 5.17. The monoisotopic (exact) mass is 240 g/mol. The summed E-state index contributed by atoms with van der Waals surface area (Å²) in [5.74, 6) is 0.390. The van der Waals surface area contributed by atoms with Crippen LogP contribution in [-0.2, 0) is 7.05 Å². The zero-order valence-electron chi connectivity index (χ0n) is 9.96. The van der Waals surface area contributed by atoms with Crippen LogP contribution in [0.3, 0.4) is 0 Å². The van der Waals surface area contributed by atoms with E-state index in [2.05, 4.69) is 11.7 Å². The van der Waals surface area contributed by atoms with Crippen molar-refractivity contribution in [1.29, 1.82) is 0 Å². The van der Waals surface area contributed by atoms with Crippen molar-refractivity contribution in [3.05, 3.63) is 28.5 Å². The molecule has 1 aromatic heterocycles. The van der Waals surface area contributed by atoms with Gasteiger partial charge in [0.1, 0.15) is 5.69 Å². The number of rotatable bonds is 6. The third-order valence-corrected chi connectivity index (χ3v) is 2.36. The second kappa shape index (κ2) is 5.44. The molecule has 0 saturated heterocycles. The normalized spacial score (nSPS) is 10.3. The quantitative estimate of drug-likeness (QED) is 0.447. The van der Waals surface area contributed by atoms with Gasteiger partial charge in [-0.2, -0.15) is 5.10 Å². The zero-order valence-corrected chi connectivity index (χ0v) is 9.96. The summed E-state index contributed by atoms with van der Waals surface area (Å²) in [6.45, 7) is 5.81. The summed E-state index contributed by atoms with van der Waals surface area (Å²) >= 11 is 0. The molecule has 0 atom stereocenters. The van der Waals surface area contributed by atoms with Crippen molar-refractivity contribution in [3.63, 3.8) is 0 Å². The van der Waals surface area contributed by atoms with Gasteiger partial charge < -0.3 is 10.0 Å². The maximum Gasteiger partial charge on any atom is 0.333 e. The molecule has 0 aromatic carbocycles. The molecule has 94 valence electrons. The summed E-state index contributed by atoms with van der Waals surface area (Å²) < 4.78 is 1.45. The van der Waals surface area contributed by atoms with Gasteiger partial charge in [-0.3, -0.25) is 10.1 Å². The van der Waals surface area contributed by atoms with E-state index in [0.717, 1.165) is 0 Å². The number of aliphatic hydroxyl groups excluding tert-OH is 1. The van der Waals surface area contributed by atoms with Gasteiger partial charge in [0.15, 0.2) is 0 Å². The smallest absolute Gasteiger partial charge is 0.333 e. The highest BCUT2D eigenvalue weighted by atomic mass is 16.6. The molecule has 0 amide bonds. The van der Waals surface area contributed by atoms with Gasteiger partial charge in [-0.05, 0) is 6.92 Å². The van der Waals surface area contributed by atoms with Gasteiger partial charge in [-0.1, -0.05) is 6.08 Å². The van der Waals surface area contributed by atoms with E-state index in [0.29, 0.717) is 24.6 Å². The van der Waals surface area contributed by atoms with Crippen LogP contribution in [0.25, 0.3) is 0 Å². The lowest BCUT2D eigenvalue weighted by atomic mass is 10.3. The van der Waals surface area contributed by atoms with Crippen LogP contribution in [0.5, 0.6) is 0 Å². The topological polar surface area (TPSA) is 84.4 Å². The molecule has 1 heterocycles.